The molecule has 2 aliphatic rings. The van der Waals surface area contributed by atoms with Crippen LogP contribution in [-0.2, 0) is 16.8 Å². The second-order valence-corrected chi connectivity index (χ2v) is 8.50. The van der Waals surface area contributed by atoms with E-state index < -0.39 is 5.54 Å². The smallest absolute Gasteiger partial charge is 0.223 e. The zero-order valence-corrected chi connectivity index (χ0v) is 17.3. The van der Waals surface area contributed by atoms with Crippen molar-refractivity contribution in [2.24, 2.45) is 0 Å². The van der Waals surface area contributed by atoms with Crippen LogP contribution in [0, 0.1) is 6.92 Å². The molecule has 1 N–H and O–H groups in total. The van der Waals surface area contributed by atoms with E-state index in [9.17, 15) is 4.79 Å². The van der Waals surface area contributed by atoms with Gasteiger partial charge in [-0.15, -0.1) is 0 Å². The van der Waals surface area contributed by atoms with Crippen molar-refractivity contribution >= 4 is 5.91 Å². The Balaban J connectivity index is 1.36. The topological polar surface area (TPSA) is 77.2 Å². The zero-order valence-electron chi connectivity index (χ0n) is 17.3. The van der Waals surface area contributed by atoms with E-state index in [0.29, 0.717) is 30.7 Å². The number of aryl methyl sites for hydroxylation is 2. The molecule has 0 radical (unpaired) electrons. The molecule has 2 aromatic rings. The third kappa shape index (κ3) is 4.98. The Morgan fingerprint density at radius 1 is 1.21 bits per heavy atom. The number of aromatic nitrogens is 2. The van der Waals surface area contributed by atoms with Crippen molar-refractivity contribution in [1.29, 1.82) is 0 Å². The fourth-order valence-electron chi connectivity index (χ4n) is 4.61. The first-order valence-electron chi connectivity index (χ1n) is 11.0. The van der Waals surface area contributed by atoms with Crippen LogP contribution in [0.1, 0.15) is 81.5 Å². The number of benzene rings is 1. The lowest BCUT2D eigenvalue weighted by Gasteiger charge is -2.35. The first-order chi connectivity index (χ1) is 14.1. The molecule has 1 aromatic carbocycles. The third-order valence-electron chi connectivity index (χ3n) is 6.19. The molecule has 29 heavy (non-hydrogen) atoms. The van der Waals surface area contributed by atoms with Crippen molar-refractivity contribution < 1.29 is 14.1 Å². The molecule has 0 aliphatic heterocycles. The Labute approximate surface area is 172 Å². The summed E-state index contributed by atoms with van der Waals surface area (Å²) in [5.74, 6) is 2.12. The lowest BCUT2D eigenvalue weighted by molar-refractivity contribution is -0.123. The predicted octanol–water partition coefficient (Wildman–Crippen LogP) is 4.61. The molecule has 156 valence electrons. The maximum Gasteiger partial charge on any atom is 0.223 e. The normalized spacial score (nSPS) is 19.2. The van der Waals surface area contributed by atoms with Crippen molar-refractivity contribution in [3.05, 3.63) is 41.5 Å². The van der Waals surface area contributed by atoms with Crippen LogP contribution in [0.4, 0.5) is 0 Å². The average Bonchev–Trinajstić information content (AvgIpc) is 3.39. The standard InChI is InChI=1S/C23H31N3O3/c1-17-24-22(26-29-17)23(14-5-2-6-15-23)25-21(27)13-12-18-8-7-11-20(16-18)28-19-9-3-4-10-19/h7-8,11,16,19H,2-6,9-10,12-15H2,1H3,(H,25,27). The molecule has 1 aromatic heterocycles. The molecule has 0 bridgehead atoms. The molecule has 2 saturated carbocycles. The van der Waals surface area contributed by atoms with Crippen molar-refractivity contribution in [3.8, 4) is 5.75 Å². The first kappa shape index (κ1) is 19.9. The van der Waals surface area contributed by atoms with Crippen LogP contribution < -0.4 is 10.1 Å². The number of amides is 1. The minimum atomic E-state index is -0.486. The number of hydrogen-bond donors (Lipinski definition) is 1. The summed E-state index contributed by atoms with van der Waals surface area (Å²) in [5.41, 5.74) is 0.643. The zero-order chi connectivity index (χ0) is 20.1. The van der Waals surface area contributed by atoms with Gasteiger partial charge in [0, 0.05) is 13.3 Å². The number of nitrogens with one attached hydrogen (secondary N) is 1. The van der Waals surface area contributed by atoms with E-state index in [2.05, 4.69) is 27.6 Å². The molecule has 0 spiro atoms. The van der Waals surface area contributed by atoms with Crippen LogP contribution in [0.3, 0.4) is 0 Å². The second-order valence-electron chi connectivity index (χ2n) is 8.50. The average molecular weight is 398 g/mol. The van der Waals surface area contributed by atoms with Crippen molar-refractivity contribution in [2.75, 3.05) is 0 Å². The molecular formula is C23H31N3O3. The summed E-state index contributed by atoms with van der Waals surface area (Å²) in [5, 5.41) is 7.38. The van der Waals surface area contributed by atoms with Gasteiger partial charge < -0.3 is 14.6 Å². The Bertz CT molecular complexity index is 820. The molecule has 0 atom stereocenters. The number of ether oxygens (including phenoxy) is 1. The number of carbonyl (C=O) groups is 1. The Hall–Kier alpha value is -2.37. The fourth-order valence-corrected chi connectivity index (χ4v) is 4.61. The van der Waals surface area contributed by atoms with Gasteiger partial charge in [0.1, 0.15) is 11.3 Å². The molecule has 1 amide bonds. The minimum absolute atomic E-state index is 0.0384. The molecule has 2 aliphatic carbocycles. The molecule has 2 fully saturated rings. The fraction of sp³-hybridized carbons (Fsp3) is 0.609. The lowest BCUT2D eigenvalue weighted by Crippen LogP contribution is -2.48. The van der Waals surface area contributed by atoms with Gasteiger partial charge in [-0.2, -0.15) is 4.98 Å². The number of rotatable bonds is 7. The van der Waals surface area contributed by atoms with Gasteiger partial charge in [-0.1, -0.05) is 36.6 Å². The van der Waals surface area contributed by atoms with E-state index >= 15 is 0 Å². The highest BCUT2D eigenvalue weighted by atomic mass is 16.5. The van der Waals surface area contributed by atoms with Crippen LogP contribution in [0.2, 0.25) is 0 Å². The molecule has 4 rings (SSSR count). The highest BCUT2D eigenvalue weighted by Gasteiger charge is 2.39. The van der Waals surface area contributed by atoms with Gasteiger partial charge >= 0.3 is 0 Å². The van der Waals surface area contributed by atoms with Gasteiger partial charge in [0.15, 0.2) is 5.82 Å². The van der Waals surface area contributed by atoms with Crippen molar-refractivity contribution in [2.45, 2.75) is 89.2 Å². The highest BCUT2D eigenvalue weighted by Crippen LogP contribution is 2.35. The van der Waals surface area contributed by atoms with Crippen molar-refractivity contribution in [3.63, 3.8) is 0 Å². The number of hydrogen-bond acceptors (Lipinski definition) is 5. The van der Waals surface area contributed by atoms with E-state index in [4.69, 9.17) is 9.26 Å². The van der Waals surface area contributed by atoms with Gasteiger partial charge in [0.25, 0.3) is 0 Å². The van der Waals surface area contributed by atoms with E-state index in [-0.39, 0.29) is 5.91 Å². The molecule has 0 unspecified atom stereocenters. The van der Waals surface area contributed by atoms with Gasteiger partial charge in [-0.05, 0) is 62.6 Å². The minimum Gasteiger partial charge on any atom is -0.490 e. The first-order valence-corrected chi connectivity index (χ1v) is 11.0. The van der Waals surface area contributed by atoms with Crippen molar-refractivity contribution in [1.82, 2.24) is 15.5 Å². The van der Waals surface area contributed by atoms with Crippen LogP contribution in [0.15, 0.2) is 28.8 Å². The molecule has 1 heterocycles. The summed E-state index contributed by atoms with van der Waals surface area (Å²) in [6.45, 7) is 1.79. The van der Waals surface area contributed by atoms with Crippen LogP contribution >= 0.6 is 0 Å². The molecule has 0 saturated heterocycles. The summed E-state index contributed by atoms with van der Waals surface area (Å²) >= 11 is 0. The number of carbonyl (C=O) groups excluding carboxylic acids is 1. The van der Waals surface area contributed by atoms with E-state index in [0.717, 1.165) is 49.8 Å². The maximum atomic E-state index is 12.8. The predicted molar refractivity (Wildman–Crippen MR) is 110 cm³/mol. The Kier molecular flexibility index (Phi) is 6.16. The van der Waals surface area contributed by atoms with E-state index in [1.807, 2.05) is 12.1 Å². The number of nitrogens with zero attached hydrogens (tertiary/aromatic N) is 2. The second kappa shape index (κ2) is 8.97. The van der Waals surface area contributed by atoms with Gasteiger partial charge in [-0.3, -0.25) is 4.79 Å². The highest BCUT2D eigenvalue weighted by molar-refractivity contribution is 5.77. The summed E-state index contributed by atoms with van der Waals surface area (Å²) < 4.78 is 11.3. The van der Waals surface area contributed by atoms with E-state index in [1.165, 1.54) is 19.3 Å². The van der Waals surface area contributed by atoms with Crippen LogP contribution in [0.5, 0.6) is 5.75 Å². The SMILES string of the molecule is Cc1nc(C2(NC(=O)CCc3cccc(OC4CCCC4)c3)CCCCC2)no1. The Morgan fingerprint density at radius 2 is 2.00 bits per heavy atom. The monoisotopic (exact) mass is 397 g/mol. The molecule has 6 heteroatoms. The van der Waals surface area contributed by atoms with E-state index in [1.54, 1.807) is 6.92 Å². The van der Waals surface area contributed by atoms with Crippen LogP contribution in [0.25, 0.3) is 0 Å². The van der Waals surface area contributed by atoms with Gasteiger partial charge in [-0.25, -0.2) is 0 Å². The molecule has 6 nitrogen and oxygen atoms in total. The largest absolute Gasteiger partial charge is 0.490 e. The Morgan fingerprint density at radius 3 is 2.72 bits per heavy atom. The maximum absolute atomic E-state index is 12.8. The summed E-state index contributed by atoms with van der Waals surface area (Å²) in [4.78, 5) is 17.2. The third-order valence-corrected chi connectivity index (χ3v) is 6.19. The summed E-state index contributed by atoms with van der Waals surface area (Å²) in [7, 11) is 0. The molecular weight excluding hydrogens is 366 g/mol. The van der Waals surface area contributed by atoms with Gasteiger partial charge in [0.2, 0.25) is 11.8 Å². The van der Waals surface area contributed by atoms with Crippen LogP contribution in [-0.4, -0.2) is 22.2 Å². The van der Waals surface area contributed by atoms with Gasteiger partial charge in [0.05, 0.1) is 6.10 Å². The summed E-state index contributed by atoms with van der Waals surface area (Å²) in [6, 6.07) is 8.16. The lowest BCUT2D eigenvalue weighted by atomic mass is 9.81. The summed E-state index contributed by atoms with van der Waals surface area (Å²) in [6.07, 6.45) is 11.3. The quantitative estimate of drug-likeness (QED) is 0.738.